The van der Waals surface area contributed by atoms with E-state index in [0.717, 1.165) is 30.1 Å². The highest BCUT2D eigenvalue weighted by molar-refractivity contribution is 7.15. The van der Waals surface area contributed by atoms with Gasteiger partial charge in [-0.1, -0.05) is 29.0 Å². The van der Waals surface area contributed by atoms with Crippen LogP contribution in [0.15, 0.2) is 24.3 Å². The van der Waals surface area contributed by atoms with E-state index in [2.05, 4.69) is 50.4 Å². The SMILES string of the molecule is Cc1ccc(Nc2nc3c(s2)C(OC(C)C)CCC3)cc1. The van der Waals surface area contributed by atoms with Crippen molar-refractivity contribution in [3.05, 3.63) is 40.4 Å². The maximum atomic E-state index is 6.04. The summed E-state index contributed by atoms with van der Waals surface area (Å²) in [6, 6.07) is 8.41. The number of nitrogens with zero attached hydrogens (tertiary/aromatic N) is 1. The first kappa shape index (κ1) is 14.5. The number of hydrogen-bond acceptors (Lipinski definition) is 4. The summed E-state index contributed by atoms with van der Waals surface area (Å²) >= 11 is 1.74. The van der Waals surface area contributed by atoms with Crippen LogP contribution in [-0.2, 0) is 11.2 Å². The second kappa shape index (κ2) is 6.16. The van der Waals surface area contributed by atoms with E-state index in [1.807, 2.05) is 0 Å². The van der Waals surface area contributed by atoms with E-state index >= 15 is 0 Å². The Bertz CT molecular complexity index is 604. The fourth-order valence-electron chi connectivity index (χ4n) is 2.65. The number of hydrogen-bond donors (Lipinski definition) is 1. The lowest BCUT2D eigenvalue weighted by Crippen LogP contribution is -2.14. The molecule has 112 valence electrons. The van der Waals surface area contributed by atoms with E-state index in [1.165, 1.54) is 16.1 Å². The Kier molecular flexibility index (Phi) is 4.27. The molecular formula is C17H22N2OS. The molecule has 1 atom stereocenters. The lowest BCUT2D eigenvalue weighted by molar-refractivity contribution is -0.000974. The third-order valence-corrected chi connectivity index (χ3v) is 4.74. The summed E-state index contributed by atoms with van der Waals surface area (Å²) < 4.78 is 6.04. The molecule has 0 amide bonds. The summed E-state index contributed by atoms with van der Waals surface area (Å²) in [6.45, 7) is 6.29. The number of nitrogens with one attached hydrogen (secondary N) is 1. The predicted octanol–water partition coefficient (Wildman–Crippen LogP) is 5.00. The standard InChI is InChI=1S/C17H22N2OS/c1-11(2)20-15-6-4-5-14-16(15)21-17(19-14)18-13-9-7-12(3)8-10-13/h7-11,15H,4-6H2,1-3H3,(H,18,19). The number of benzene rings is 1. The van der Waals surface area contributed by atoms with E-state index in [1.54, 1.807) is 11.3 Å². The Morgan fingerprint density at radius 2 is 2.05 bits per heavy atom. The van der Waals surface area contributed by atoms with Gasteiger partial charge in [0.1, 0.15) is 0 Å². The molecule has 0 saturated heterocycles. The minimum atomic E-state index is 0.222. The molecule has 0 spiro atoms. The zero-order chi connectivity index (χ0) is 14.8. The molecule has 1 unspecified atom stereocenters. The first-order chi connectivity index (χ1) is 10.1. The Balaban J connectivity index is 1.79. The maximum Gasteiger partial charge on any atom is 0.187 e. The largest absolute Gasteiger partial charge is 0.370 e. The summed E-state index contributed by atoms with van der Waals surface area (Å²) in [6.07, 6.45) is 3.82. The zero-order valence-corrected chi connectivity index (χ0v) is 13.7. The summed E-state index contributed by atoms with van der Waals surface area (Å²) in [4.78, 5) is 6.06. The molecule has 21 heavy (non-hydrogen) atoms. The molecule has 1 heterocycles. The lowest BCUT2D eigenvalue weighted by Gasteiger charge is -2.23. The number of rotatable bonds is 4. The van der Waals surface area contributed by atoms with Crippen molar-refractivity contribution in [1.82, 2.24) is 4.98 Å². The van der Waals surface area contributed by atoms with Crippen LogP contribution in [0.5, 0.6) is 0 Å². The van der Waals surface area contributed by atoms with Gasteiger partial charge in [-0.3, -0.25) is 0 Å². The molecule has 1 N–H and O–H groups in total. The van der Waals surface area contributed by atoms with Gasteiger partial charge < -0.3 is 10.1 Å². The fourth-order valence-corrected chi connectivity index (χ4v) is 3.76. The molecule has 3 nitrogen and oxygen atoms in total. The maximum absolute atomic E-state index is 6.04. The molecule has 0 fully saturated rings. The van der Waals surface area contributed by atoms with Crippen LogP contribution in [0.1, 0.15) is 48.9 Å². The molecule has 0 aliphatic heterocycles. The monoisotopic (exact) mass is 302 g/mol. The predicted molar refractivity (Wildman–Crippen MR) is 88.5 cm³/mol. The van der Waals surface area contributed by atoms with Gasteiger partial charge in [0.15, 0.2) is 5.13 Å². The van der Waals surface area contributed by atoms with Crippen LogP contribution >= 0.6 is 11.3 Å². The van der Waals surface area contributed by atoms with Crippen molar-refractivity contribution < 1.29 is 4.74 Å². The average molecular weight is 302 g/mol. The van der Waals surface area contributed by atoms with Gasteiger partial charge in [-0.05, 0) is 52.2 Å². The van der Waals surface area contributed by atoms with Gasteiger partial charge in [-0.15, -0.1) is 0 Å². The molecule has 0 bridgehead atoms. The summed E-state index contributed by atoms with van der Waals surface area (Å²) in [7, 11) is 0. The quantitative estimate of drug-likeness (QED) is 0.863. The number of ether oxygens (including phenoxy) is 1. The van der Waals surface area contributed by atoms with Gasteiger partial charge in [0.05, 0.1) is 22.8 Å². The molecule has 3 rings (SSSR count). The number of thiazole rings is 1. The van der Waals surface area contributed by atoms with Crippen molar-refractivity contribution in [2.24, 2.45) is 0 Å². The van der Waals surface area contributed by atoms with Crippen LogP contribution in [0.4, 0.5) is 10.8 Å². The first-order valence-electron chi connectivity index (χ1n) is 7.60. The van der Waals surface area contributed by atoms with Crippen LogP contribution in [0, 0.1) is 6.92 Å². The Morgan fingerprint density at radius 1 is 1.29 bits per heavy atom. The van der Waals surface area contributed by atoms with Crippen LogP contribution in [0.25, 0.3) is 0 Å². The molecule has 0 saturated carbocycles. The van der Waals surface area contributed by atoms with Gasteiger partial charge in [0, 0.05) is 5.69 Å². The lowest BCUT2D eigenvalue weighted by atomic mass is 10.0. The smallest absolute Gasteiger partial charge is 0.187 e. The minimum Gasteiger partial charge on any atom is -0.370 e. The average Bonchev–Trinajstić information content (AvgIpc) is 2.84. The molecular weight excluding hydrogens is 280 g/mol. The normalized spacial score (nSPS) is 17.8. The van der Waals surface area contributed by atoms with Crippen LogP contribution < -0.4 is 5.32 Å². The van der Waals surface area contributed by atoms with Crippen molar-refractivity contribution in [2.45, 2.75) is 52.2 Å². The molecule has 1 aliphatic rings. The first-order valence-corrected chi connectivity index (χ1v) is 8.42. The molecule has 1 aromatic heterocycles. The second-order valence-corrected chi connectivity index (χ2v) is 6.92. The third kappa shape index (κ3) is 3.44. The zero-order valence-electron chi connectivity index (χ0n) is 12.8. The van der Waals surface area contributed by atoms with Crippen LogP contribution in [0.3, 0.4) is 0 Å². The van der Waals surface area contributed by atoms with Crippen molar-refractivity contribution in [2.75, 3.05) is 5.32 Å². The van der Waals surface area contributed by atoms with Crippen LogP contribution in [-0.4, -0.2) is 11.1 Å². The minimum absolute atomic E-state index is 0.222. The molecule has 1 aromatic carbocycles. The summed E-state index contributed by atoms with van der Waals surface area (Å²) in [5, 5.41) is 4.39. The molecule has 1 aliphatic carbocycles. The van der Waals surface area contributed by atoms with Crippen molar-refractivity contribution in [3.8, 4) is 0 Å². The molecule has 2 aromatic rings. The number of anilines is 2. The van der Waals surface area contributed by atoms with E-state index in [-0.39, 0.29) is 12.2 Å². The van der Waals surface area contributed by atoms with E-state index in [9.17, 15) is 0 Å². The highest BCUT2D eigenvalue weighted by Gasteiger charge is 2.26. The Hall–Kier alpha value is -1.39. The molecule has 4 heteroatoms. The van der Waals surface area contributed by atoms with Gasteiger partial charge in [-0.2, -0.15) is 0 Å². The molecule has 0 radical (unpaired) electrons. The number of aromatic nitrogens is 1. The Morgan fingerprint density at radius 3 is 2.76 bits per heavy atom. The van der Waals surface area contributed by atoms with Crippen molar-refractivity contribution in [1.29, 1.82) is 0 Å². The van der Waals surface area contributed by atoms with Crippen molar-refractivity contribution in [3.63, 3.8) is 0 Å². The van der Waals surface area contributed by atoms with Crippen molar-refractivity contribution >= 4 is 22.2 Å². The third-order valence-electron chi connectivity index (χ3n) is 3.64. The second-order valence-electron chi connectivity index (χ2n) is 5.89. The Labute approximate surface area is 130 Å². The summed E-state index contributed by atoms with van der Waals surface area (Å²) in [5.74, 6) is 0. The van der Waals surface area contributed by atoms with Crippen LogP contribution in [0.2, 0.25) is 0 Å². The number of aryl methyl sites for hydroxylation is 2. The van der Waals surface area contributed by atoms with Gasteiger partial charge in [-0.25, -0.2) is 4.98 Å². The topological polar surface area (TPSA) is 34.2 Å². The van der Waals surface area contributed by atoms with E-state index < -0.39 is 0 Å². The highest BCUT2D eigenvalue weighted by Crippen LogP contribution is 2.39. The highest BCUT2D eigenvalue weighted by atomic mass is 32.1. The van der Waals surface area contributed by atoms with E-state index in [4.69, 9.17) is 9.72 Å². The van der Waals surface area contributed by atoms with E-state index in [0.29, 0.717) is 0 Å². The fraction of sp³-hybridized carbons (Fsp3) is 0.471. The summed E-state index contributed by atoms with van der Waals surface area (Å²) in [5.41, 5.74) is 3.57. The van der Waals surface area contributed by atoms with Gasteiger partial charge in [0.25, 0.3) is 0 Å². The van der Waals surface area contributed by atoms with Gasteiger partial charge in [0.2, 0.25) is 0 Å². The van der Waals surface area contributed by atoms with Gasteiger partial charge >= 0.3 is 0 Å². The number of fused-ring (bicyclic) bond motifs is 1.